The summed E-state index contributed by atoms with van der Waals surface area (Å²) in [4.78, 5) is 24.1. The van der Waals surface area contributed by atoms with E-state index >= 15 is 0 Å². The van der Waals surface area contributed by atoms with Crippen LogP contribution in [0.3, 0.4) is 0 Å². The van der Waals surface area contributed by atoms with Gasteiger partial charge in [-0.1, -0.05) is 6.08 Å². The van der Waals surface area contributed by atoms with Crippen molar-refractivity contribution in [2.45, 2.75) is 45.2 Å². The van der Waals surface area contributed by atoms with Gasteiger partial charge >= 0.3 is 5.97 Å². The molecular weight excluding hydrogens is 220 g/mol. The summed E-state index contributed by atoms with van der Waals surface area (Å²) in [6.07, 6.45) is 1.89. The van der Waals surface area contributed by atoms with Crippen molar-refractivity contribution >= 4 is 11.9 Å². The molecule has 0 spiro atoms. The van der Waals surface area contributed by atoms with E-state index in [1.807, 2.05) is 20.8 Å². The Morgan fingerprint density at radius 1 is 1.47 bits per heavy atom. The van der Waals surface area contributed by atoms with Crippen molar-refractivity contribution in [1.29, 1.82) is 0 Å². The van der Waals surface area contributed by atoms with Crippen molar-refractivity contribution in [1.82, 2.24) is 4.90 Å². The highest BCUT2D eigenvalue weighted by atomic mass is 16.4. The normalized spacial score (nSPS) is 12.9. The van der Waals surface area contributed by atoms with Gasteiger partial charge in [-0.15, -0.1) is 6.58 Å². The maximum atomic E-state index is 12.1. The van der Waals surface area contributed by atoms with Crippen molar-refractivity contribution in [3.8, 4) is 0 Å². The first-order valence-corrected chi connectivity index (χ1v) is 5.60. The van der Waals surface area contributed by atoms with Crippen molar-refractivity contribution in [3.63, 3.8) is 0 Å². The van der Waals surface area contributed by atoms with Gasteiger partial charge in [0, 0.05) is 12.1 Å². The van der Waals surface area contributed by atoms with Crippen LogP contribution in [0.15, 0.2) is 12.7 Å². The van der Waals surface area contributed by atoms with Crippen LogP contribution in [0.2, 0.25) is 0 Å². The van der Waals surface area contributed by atoms with Gasteiger partial charge in [0.25, 0.3) is 0 Å². The molecule has 0 aliphatic rings. The Balaban J connectivity index is 4.74. The summed E-state index contributed by atoms with van der Waals surface area (Å²) in [5.74, 6) is -1.16. The van der Waals surface area contributed by atoms with Crippen LogP contribution >= 0.6 is 0 Å². The molecule has 5 nitrogen and oxygen atoms in total. The largest absolute Gasteiger partial charge is 0.481 e. The molecule has 5 heteroatoms. The van der Waals surface area contributed by atoms with Crippen LogP contribution in [-0.4, -0.2) is 40.0 Å². The number of rotatable bonds is 6. The Morgan fingerprint density at radius 3 is 2.35 bits per heavy atom. The molecule has 0 aromatic carbocycles. The lowest BCUT2D eigenvalue weighted by Gasteiger charge is -2.37. The highest BCUT2D eigenvalue weighted by molar-refractivity contribution is 5.83. The number of hydrogen-bond donors (Lipinski definition) is 2. The van der Waals surface area contributed by atoms with E-state index in [-0.39, 0.29) is 18.9 Å². The van der Waals surface area contributed by atoms with Crippen LogP contribution < -0.4 is 5.73 Å². The number of carboxylic acids is 1. The van der Waals surface area contributed by atoms with Crippen molar-refractivity contribution in [2.24, 2.45) is 5.73 Å². The lowest BCUT2D eigenvalue weighted by molar-refractivity contribution is -0.141. The molecule has 17 heavy (non-hydrogen) atoms. The summed E-state index contributed by atoms with van der Waals surface area (Å²) in [5.41, 5.74) is 5.28. The molecule has 0 saturated heterocycles. The van der Waals surface area contributed by atoms with E-state index in [0.717, 1.165) is 0 Å². The molecule has 3 N–H and O–H groups in total. The summed E-state index contributed by atoms with van der Waals surface area (Å²) < 4.78 is 0. The number of amides is 1. The number of nitrogens with two attached hydrogens (primary N) is 1. The second-order valence-corrected chi connectivity index (χ2v) is 4.94. The zero-order valence-electron chi connectivity index (χ0n) is 10.8. The van der Waals surface area contributed by atoms with Gasteiger partial charge in [-0.25, -0.2) is 0 Å². The molecule has 0 aromatic rings. The molecule has 0 radical (unpaired) electrons. The van der Waals surface area contributed by atoms with Crippen LogP contribution in [0.1, 0.15) is 33.6 Å². The Kier molecular flexibility index (Phi) is 5.88. The fourth-order valence-electron chi connectivity index (χ4n) is 1.46. The zero-order valence-corrected chi connectivity index (χ0v) is 10.8. The third-order valence-corrected chi connectivity index (χ3v) is 2.36. The molecule has 0 saturated carbocycles. The molecule has 0 aliphatic carbocycles. The Morgan fingerprint density at radius 2 is 2.00 bits per heavy atom. The molecule has 1 atom stereocenters. The van der Waals surface area contributed by atoms with Gasteiger partial charge in [0.1, 0.15) is 0 Å². The number of carboxylic acid groups (broad SMARTS) is 1. The number of carbonyl (C=O) groups excluding carboxylic acids is 1. The van der Waals surface area contributed by atoms with Gasteiger partial charge in [-0.05, 0) is 27.2 Å². The number of aliphatic carboxylic acids is 1. The minimum absolute atomic E-state index is 0.0795. The van der Waals surface area contributed by atoms with Crippen molar-refractivity contribution in [3.05, 3.63) is 12.7 Å². The standard InChI is InChI=1S/C12H22N2O3/c1-5-6-9(13)11(17)14(12(2,3)4)8-7-10(15)16/h5,9H,1,6-8,13H2,2-4H3,(H,15,16). The number of nitrogens with zero attached hydrogens (tertiary/aromatic N) is 1. The summed E-state index contributed by atoms with van der Waals surface area (Å²) in [6.45, 7) is 9.27. The molecule has 1 amide bonds. The van der Waals surface area contributed by atoms with Crippen molar-refractivity contribution < 1.29 is 14.7 Å². The third-order valence-electron chi connectivity index (χ3n) is 2.36. The minimum atomic E-state index is -0.927. The lowest BCUT2D eigenvalue weighted by Crippen LogP contribution is -2.52. The van der Waals surface area contributed by atoms with Gasteiger partial charge in [0.15, 0.2) is 0 Å². The van der Waals surface area contributed by atoms with Gasteiger partial charge in [-0.2, -0.15) is 0 Å². The smallest absolute Gasteiger partial charge is 0.305 e. The lowest BCUT2D eigenvalue weighted by atomic mass is 10.0. The Labute approximate surface area is 102 Å². The van der Waals surface area contributed by atoms with Gasteiger partial charge < -0.3 is 15.7 Å². The summed E-state index contributed by atoms with van der Waals surface area (Å²) in [6, 6.07) is -0.652. The van der Waals surface area contributed by atoms with Gasteiger partial charge in [-0.3, -0.25) is 9.59 Å². The first kappa shape index (κ1) is 15.6. The van der Waals surface area contributed by atoms with E-state index < -0.39 is 17.6 Å². The predicted octanol–water partition coefficient (Wildman–Crippen LogP) is 0.992. The minimum Gasteiger partial charge on any atom is -0.481 e. The predicted molar refractivity (Wildman–Crippen MR) is 66.5 cm³/mol. The summed E-state index contributed by atoms with van der Waals surface area (Å²) in [7, 11) is 0. The van der Waals surface area contributed by atoms with Crippen LogP contribution in [0.25, 0.3) is 0 Å². The average molecular weight is 242 g/mol. The van der Waals surface area contributed by atoms with Crippen LogP contribution in [-0.2, 0) is 9.59 Å². The second kappa shape index (κ2) is 6.39. The van der Waals surface area contributed by atoms with Crippen LogP contribution in [0.4, 0.5) is 0 Å². The molecular formula is C12H22N2O3. The van der Waals surface area contributed by atoms with Crippen LogP contribution in [0, 0.1) is 0 Å². The fraction of sp³-hybridized carbons (Fsp3) is 0.667. The highest BCUT2D eigenvalue weighted by Crippen LogP contribution is 2.15. The average Bonchev–Trinajstić information content (AvgIpc) is 2.15. The van der Waals surface area contributed by atoms with E-state index in [4.69, 9.17) is 10.8 Å². The molecule has 0 heterocycles. The maximum absolute atomic E-state index is 12.1. The summed E-state index contributed by atoms with van der Waals surface area (Å²) >= 11 is 0. The molecule has 0 rings (SSSR count). The number of hydrogen-bond acceptors (Lipinski definition) is 3. The molecule has 98 valence electrons. The highest BCUT2D eigenvalue weighted by Gasteiger charge is 2.29. The zero-order chi connectivity index (χ0) is 13.6. The molecule has 0 aromatic heterocycles. The molecule has 0 aliphatic heterocycles. The van der Waals surface area contributed by atoms with Crippen LogP contribution in [0.5, 0.6) is 0 Å². The topological polar surface area (TPSA) is 83.6 Å². The van der Waals surface area contributed by atoms with E-state index in [1.165, 1.54) is 4.90 Å². The number of carbonyl (C=O) groups is 2. The first-order valence-electron chi connectivity index (χ1n) is 5.60. The first-order chi connectivity index (χ1) is 7.70. The monoisotopic (exact) mass is 242 g/mol. The SMILES string of the molecule is C=CCC(N)C(=O)N(CCC(=O)O)C(C)(C)C. The quantitative estimate of drug-likeness (QED) is 0.680. The maximum Gasteiger partial charge on any atom is 0.305 e. The van der Waals surface area contributed by atoms with E-state index in [1.54, 1.807) is 6.08 Å². The Hall–Kier alpha value is -1.36. The van der Waals surface area contributed by atoms with E-state index in [0.29, 0.717) is 6.42 Å². The van der Waals surface area contributed by atoms with E-state index in [9.17, 15) is 9.59 Å². The van der Waals surface area contributed by atoms with E-state index in [2.05, 4.69) is 6.58 Å². The van der Waals surface area contributed by atoms with Gasteiger partial charge in [0.05, 0.1) is 12.5 Å². The fourth-order valence-corrected chi connectivity index (χ4v) is 1.46. The second-order valence-electron chi connectivity index (χ2n) is 4.94. The Bertz CT molecular complexity index is 295. The molecule has 0 fully saturated rings. The van der Waals surface area contributed by atoms with Gasteiger partial charge in [0.2, 0.25) is 5.91 Å². The summed E-state index contributed by atoms with van der Waals surface area (Å²) in [5, 5.41) is 8.67. The molecule has 1 unspecified atom stereocenters. The third kappa shape index (κ3) is 5.49. The van der Waals surface area contributed by atoms with Crippen molar-refractivity contribution in [2.75, 3.05) is 6.54 Å². The molecule has 0 bridgehead atoms.